The first-order valence-electron chi connectivity index (χ1n) is 6.52. The highest BCUT2D eigenvalue weighted by Gasteiger charge is 2.11. The van der Waals surface area contributed by atoms with Crippen LogP contribution in [0.2, 0.25) is 5.02 Å². The second-order valence-electron chi connectivity index (χ2n) is 4.78. The highest BCUT2D eigenvalue weighted by Crippen LogP contribution is 2.24. The van der Waals surface area contributed by atoms with Gasteiger partial charge in [-0.1, -0.05) is 17.7 Å². The van der Waals surface area contributed by atoms with Gasteiger partial charge in [0.2, 0.25) is 0 Å². The molecule has 1 aliphatic carbocycles. The maximum atomic E-state index is 11.9. The van der Waals surface area contributed by atoms with Gasteiger partial charge in [0.15, 0.2) is 0 Å². The molecule has 102 valence electrons. The molecule has 0 saturated heterocycles. The first-order chi connectivity index (χ1) is 9.70. The number of hydrogen-bond donors (Lipinski definition) is 2. The van der Waals surface area contributed by atoms with E-state index in [1.807, 2.05) is 12.1 Å². The van der Waals surface area contributed by atoms with Crippen molar-refractivity contribution in [1.29, 1.82) is 0 Å². The van der Waals surface area contributed by atoms with Crippen molar-refractivity contribution in [3.8, 4) is 0 Å². The van der Waals surface area contributed by atoms with E-state index in [4.69, 9.17) is 11.6 Å². The standard InChI is InChI=1S/C15H14ClN3O/c16-12-5-7-14(17-9-12)19-15(20)18-13-6-4-10-2-1-3-11(10)8-13/h4-9H,1-3H2,(H2,17,18,19,20). The molecule has 0 atom stereocenters. The lowest BCUT2D eigenvalue weighted by atomic mass is 10.1. The van der Waals surface area contributed by atoms with Gasteiger partial charge in [0, 0.05) is 11.9 Å². The van der Waals surface area contributed by atoms with Crippen molar-refractivity contribution in [3.63, 3.8) is 0 Å². The fraction of sp³-hybridized carbons (Fsp3) is 0.200. The summed E-state index contributed by atoms with van der Waals surface area (Å²) < 4.78 is 0. The van der Waals surface area contributed by atoms with Gasteiger partial charge >= 0.3 is 6.03 Å². The lowest BCUT2D eigenvalue weighted by Gasteiger charge is -2.08. The quantitative estimate of drug-likeness (QED) is 0.881. The molecule has 0 radical (unpaired) electrons. The van der Waals surface area contributed by atoms with E-state index in [9.17, 15) is 4.79 Å². The van der Waals surface area contributed by atoms with E-state index < -0.39 is 0 Å². The average molecular weight is 288 g/mol. The maximum Gasteiger partial charge on any atom is 0.324 e. The van der Waals surface area contributed by atoms with Crippen LogP contribution in [0.3, 0.4) is 0 Å². The summed E-state index contributed by atoms with van der Waals surface area (Å²) in [5.74, 6) is 0.466. The molecule has 2 aromatic rings. The van der Waals surface area contributed by atoms with Crippen molar-refractivity contribution in [1.82, 2.24) is 4.98 Å². The van der Waals surface area contributed by atoms with E-state index in [2.05, 4.69) is 21.7 Å². The summed E-state index contributed by atoms with van der Waals surface area (Å²) in [5.41, 5.74) is 3.51. The number of hydrogen-bond acceptors (Lipinski definition) is 2. The van der Waals surface area contributed by atoms with Crippen molar-refractivity contribution in [2.75, 3.05) is 10.6 Å². The smallest absolute Gasteiger partial charge is 0.308 e. The lowest BCUT2D eigenvalue weighted by Crippen LogP contribution is -2.20. The van der Waals surface area contributed by atoms with Crippen molar-refractivity contribution in [2.45, 2.75) is 19.3 Å². The van der Waals surface area contributed by atoms with Gasteiger partial charge in [0.1, 0.15) is 5.82 Å². The highest BCUT2D eigenvalue weighted by atomic mass is 35.5. The topological polar surface area (TPSA) is 54.0 Å². The number of anilines is 2. The van der Waals surface area contributed by atoms with Crippen LogP contribution < -0.4 is 10.6 Å². The first-order valence-corrected chi connectivity index (χ1v) is 6.90. The molecule has 3 rings (SSSR count). The largest absolute Gasteiger partial charge is 0.324 e. The number of halogens is 1. The molecule has 2 amide bonds. The van der Waals surface area contributed by atoms with Gasteiger partial charge in [0.05, 0.1) is 5.02 Å². The molecule has 2 N–H and O–H groups in total. The number of benzene rings is 1. The van der Waals surface area contributed by atoms with Crippen molar-refractivity contribution < 1.29 is 4.79 Å². The third-order valence-electron chi connectivity index (χ3n) is 3.33. The molecule has 20 heavy (non-hydrogen) atoms. The van der Waals surface area contributed by atoms with Gasteiger partial charge in [-0.25, -0.2) is 9.78 Å². The minimum atomic E-state index is -0.308. The summed E-state index contributed by atoms with van der Waals surface area (Å²) >= 11 is 5.74. The molecule has 4 nitrogen and oxygen atoms in total. The van der Waals surface area contributed by atoms with E-state index in [1.54, 1.807) is 12.1 Å². The normalized spacial score (nSPS) is 12.8. The van der Waals surface area contributed by atoms with Gasteiger partial charge < -0.3 is 5.32 Å². The molecule has 0 fully saturated rings. The van der Waals surface area contributed by atoms with Gasteiger partial charge in [-0.15, -0.1) is 0 Å². The van der Waals surface area contributed by atoms with Crippen LogP contribution in [0.4, 0.5) is 16.3 Å². The SMILES string of the molecule is O=C(Nc1ccc2c(c1)CCC2)Nc1ccc(Cl)cn1. The summed E-state index contributed by atoms with van der Waals surface area (Å²) in [6, 6.07) is 9.08. The minimum Gasteiger partial charge on any atom is -0.308 e. The van der Waals surface area contributed by atoms with Crippen LogP contribution in [0.15, 0.2) is 36.5 Å². The summed E-state index contributed by atoms with van der Waals surface area (Å²) in [6.07, 6.45) is 4.91. The number of fused-ring (bicyclic) bond motifs is 1. The molecular weight excluding hydrogens is 274 g/mol. The molecule has 1 aromatic carbocycles. The van der Waals surface area contributed by atoms with E-state index in [1.165, 1.54) is 23.7 Å². The Morgan fingerprint density at radius 1 is 1.10 bits per heavy atom. The molecule has 1 heterocycles. The van der Waals surface area contributed by atoms with Gasteiger partial charge in [-0.2, -0.15) is 0 Å². The van der Waals surface area contributed by atoms with Crippen molar-refractivity contribution in [3.05, 3.63) is 52.7 Å². The Bertz CT molecular complexity index is 640. The number of carbonyl (C=O) groups excluding carboxylic acids is 1. The molecular formula is C15H14ClN3O. The van der Waals surface area contributed by atoms with Gasteiger partial charge in [0.25, 0.3) is 0 Å². The predicted octanol–water partition coefficient (Wildman–Crippen LogP) is 3.87. The minimum absolute atomic E-state index is 0.308. The molecule has 1 aromatic heterocycles. The zero-order valence-corrected chi connectivity index (χ0v) is 11.6. The number of amides is 2. The van der Waals surface area contributed by atoms with Crippen LogP contribution in [-0.4, -0.2) is 11.0 Å². The van der Waals surface area contributed by atoms with Crippen LogP contribution in [0.5, 0.6) is 0 Å². The molecule has 0 spiro atoms. The maximum absolute atomic E-state index is 11.9. The molecule has 0 unspecified atom stereocenters. The highest BCUT2D eigenvalue weighted by molar-refractivity contribution is 6.30. The zero-order chi connectivity index (χ0) is 13.9. The summed E-state index contributed by atoms with van der Waals surface area (Å²) in [5, 5.41) is 6.01. The molecule has 5 heteroatoms. The van der Waals surface area contributed by atoms with Gasteiger partial charge in [-0.3, -0.25) is 5.32 Å². The van der Waals surface area contributed by atoms with Crippen LogP contribution in [0.1, 0.15) is 17.5 Å². The Balaban J connectivity index is 1.65. The third kappa shape index (κ3) is 2.91. The average Bonchev–Trinajstić information content (AvgIpc) is 2.89. The number of urea groups is 1. The van der Waals surface area contributed by atoms with Crippen LogP contribution >= 0.6 is 11.6 Å². The van der Waals surface area contributed by atoms with Crippen LogP contribution in [-0.2, 0) is 12.8 Å². The van der Waals surface area contributed by atoms with Crippen molar-refractivity contribution >= 4 is 29.1 Å². The lowest BCUT2D eigenvalue weighted by molar-refractivity contribution is 0.262. The third-order valence-corrected chi connectivity index (χ3v) is 3.55. The Morgan fingerprint density at radius 2 is 1.95 bits per heavy atom. The second kappa shape index (κ2) is 5.51. The van der Waals surface area contributed by atoms with Crippen LogP contribution in [0, 0.1) is 0 Å². The summed E-state index contributed by atoms with van der Waals surface area (Å²) in [7, 11) is 0. The van der Waals surface area contributed by atoms with E-state index >= 15 is 0 Å². The Kier molecular flexibility index (Phi) is 3.56. The Labute approximate surface area is 122 Å². The fourth-order valence-corrected chi connectivity index (χ4v) is 2.49. The second-order valence-corrected chi connectivity index (χ2v) is 5.21. The summed E-state index contributed by atoms with van der Waals surface area (Å²) in [4.78, 5) is 15.9. The Morgan fingerprint density at radius 3 is 2.75 bits per heavy atom. The van der Waals surface area contributed by atoms with Crippen molar-refractivity contribution in [2.24, 2.45) is 0 Å². The van der Waals surface area contributed by atoms with E-state index in [-0.39, 0.29) is 6.03 Å². The number of carbonyl (C=O) groups is 1. The molecule has 1 aliphatic rings. The number of aryl methyl sites for hydroxylation is 2. The zero-order valence-electron chi connectivity index (χ0n) is 10.8. The molecule has 0 saturated carbocycles. The molecule has 0 bridgehead atoms. The number of nitrogens with zero attached hydrogens (tertiary/aromatic N) is 1. The number of aromatic nitrogens is 1. The van der Waals surface area contributed by atoms with Gasteiger partial charge in [-0.05, 0) is 54.7 Å². The molecule has 0 aliphatic heterocycles. The first kappa shape index (κ1) is 12.9. The van der Waals surface area contributed by atoms with E-state index in [0.717, 1.165) is 18.5 Å². The number of pyridine rings is 1. The predicted molar refractivity (Wildman–Crippen MR) is 80.4 cm³/mol. The summed E-state index contributed by atoms with van der Waals surface area (Å²) in [6.45, 7) is 0. The Hall–Kier alpha value is -2.07. The van der Waals surface area contributed by atoms with Crippen LogP contribution in [0.25, 0.3) is 0 Å². The van der Waals surface area contributed by atoms with E-state index in [0.29, 0.717) is 10.8 Å². The number of nitrogens with one attached hydrogen (secondary N) is 2. The number of rotatable bonds is 2. The fourth-order valence-electron chi connectivity index (χ4n) is 2.38. The monoisotopic (exact) mass is 287 g/mol.